The average Bonchev–Trinajstić information content (AvgIpc) is 3.05. The number of nitrogens with one attached hydrogen (secondary N) is 1. The molecule has 18 heavy (non-hydrogen) atoms. The quantitative estimate of drug-likeness (QED) is 0.838. The molecule has 0 saturated carbocycles. The van der Waals surface area contributed by atoms with Crippen molar-refractivity contribution < 1.29 is 0 Å². The summed E-state index contributed by atoms with van der Waals surface area (Å²) < 4.78 is 1.26. The van der Waals surface area contributed by atoms with E-state index in [1.54, 1.807) is 11.3 Å². The standard InChI is InChI=1S/C14H19N3S/c1-2-8-17(7-1)9-3-6-15-12-4-5-13-14(10-12)18-11-16-13/h4-5,10-11,15H,1-3,6-9H2. The predicted molar refractivity (Wildman–Crippen MR) is 78.4 cm³/mol. The first-order valence-electron chi connectivity index (χ1n) is 6.71. The van der Waals surface area contributed by atoms with Crippen molar-refractivity contribution in [1.29, 1.82) is 0 Å². The molecule has 0 amide bonds. The fourth-order valence-electron chi connectivity index (χ4n) is 2.51. The van der Waals surface area contributed by atoms with Gasteiger partial charge in [-0.15, -0.1) is 11.3 Å². The maximum absolute atomic E-state index is 4.29. The second-order valence-corrected chi connectivity index (χ2v) is 5.75. The van der Waals surface area contributed by atoms with Crippen molar-refractivity contribution >= 4 is 27.2 Å². The lowest BCUT2D eigenvalue weighted by molar-refractivity contribution is 0.337. The molecule has 0 aliphatic carbocycles. The van der Waals surface area contributed by atoms with Gasteiger partial charge in [-0.2, -0.15) is 0 Å². The highest BCUT2D eigenvalue weighted by atomic mass is 32.1. The number of anilines is 1. The van der Waals surface area contributed by atoms with Gasteiger partial charge in [0.05, 0.1) is 15.7 Å². The van der Waals surface area contributed by atoms with Gasteiger partial charge in [-0.1, -0.05) is 0 Å². The molecule has 3 rings (SSSR count). The fraction of sp³-hybridized carbons (Fsp3) is 0.500. The van der Waals surface area contributed by atoms with Crippen LogP contribution in [0.2, 0.25) is 0 Å². The Hall–Kier alpha value is -1.13. The van der Waals surface area contributed by atoms with Gasteiger partial charge in [-0.25, -0.2) is 4.98 Å². The summed E-state index contributed by atoms with van der Waals surface area (Å²) in [7, 11) is 0. The van der Waals surface area contributed by atoms with E-state index in [0.717, 1.165) is 12.1 Å². The van der Waals surface area contributed by atoms with Crippen LogP contribution in [0.5, 0.6) is 0 Å². The number of hydrogen-bond donors (Lipinski definition) is 1. The zero-order valence-electron chi connectivity index (χ0n) is 10.6. The number of likely N-dealkylation sites (tertiary alicyclic amines) is 1. The van der Waals surface area contributed by atoms with Crippen molar-refractivity contribution in [3.8, 4) is 0 Å². The fourth-order valence-corrected chi connectivity index (χ4v) is 3.22. The Morgan fingerprint density at radius 1 is 1.28 bits per heavy atom. The summed E-state index contributed by atoms with van der Waals surface area (Å²) >= 11 is 1.70. The second kappa shape index (κ2) is 5.67. The molecular weight excluding hydrogens is 242 g/mol. The Morgan fingerprint density at radius 2 is 2.17 bits per heavy atom. The van der Waals surface area contributed by atoms with Crippen LogP contribution < -0.4 is 5.32 Å². The molecule has 1 aliphatic heterocycles. The highest BCUT2D eigenvalue weighted by Gasteiger charge is 2.09. The van der Waals surface area contributed by atoms with Gasteiger partial charge < -0.3 is 10.2 Å². The zero-order chi connectivity index (χ0) is 12.2. The SMILES string of the molecule is c1nc2ccc(NCCCN3CCCC3)cc2s1. The molecule has 0 radical (unpaired) electrons. The molecule has 1 aromatic heterocycles. The lowest BCUT2D eigenvalue weighted by Crippen LogP contribution is -2.22. The lowest BCUT2D eigenvalue weighted by atomic mass is 10.3. The van der Waals surface area contributed by atoms with Crippen LogP contribution in [-0.2, 0) is 0 Å². The molecule has 2 aromatic rings. The molecule has 0 bridgehead atoms. The topological polar surface area (TPSA) is 28.2 Å². The summed E-state index contributed by atoms with van der Waals surface area (Å²) in [5.41, 5.74) is 4.22. The Bertz CT molecular complexity index is 502. The number of rotatable bonds is 5. The van der Waals surface area contributed by atoms with Gasteiger partial charge in [0.15, 0.2) is 0 Å². The normalized spacial score (nSPS) is 16.4. The zero-order valence-corrected chi connectivity index (χ0v) is 11.4. The number of benzene rings is 1. The van der Waals surface area contributed by atoms with Crippen LogP contribution in [-0.4, -0.2) is 36.1 Å². The van der Waals surface area contributed by atoms with E-state index in [0.29, 0.717) is 0 Å². The van der Waals surface area contributed by atoms with E-state index < -0.39 is 0 Å². The molecule has 2 heterocycles. The minimum Gasteiger partial charge on any atom is -0.385 e. The van der Waals surface area contributed by atoms with Crippen LogP contribution in [0.25, 0.3) is 10.2 Å². The Balaban J connectivity index is 1.47. The minimum absolute atomic E-state index is 1.06. The van der Waals surface area contributed by atoms with Crippen LogP contribution in [0.15, 0.2) is 23.7 Å². The van der Waals surface area contributed by atoms with Crippen molar-refractivity contribution in [1.82, 2.24) is 9.88 Å². The maximum atomic E-state index is 4.29. The van der Waals surface area contributed by atoms with Crippen LogP contribution >= 0.6 is 11.3 Å². The minimum atomic E-state index is 1.06. The predicted octanol–water partition coefficient (Wildman–Crippen LogP) is 3.19. The van der Waals surface area contributed by atoms with Crippen LogP contribution in [0.1, 0.15) is 19.3 Å². The van der Waals surface area contributed by atoms with Crippen molar-refractivity contribution in [2.45, 2.75) is 19.3 Å². The molecule has 0 spiro atoms. The Morgan fingerprint density at radius 3 is 3.06 bits per heavy atom. The Kier molecular flexibility index (Phi) is 3.76. The van der Waals surface area contributed by atoms with E-state index >= 15 is 0 Å². The molecule has 1 aromatic carbocycles. The van der Waals surface area contributed by atoms with E-state index in [1.807, 2.05) is 5.51 Å². The summed E-state index contributed by atoms with van der Waals surface area (Å²) in [5.74, 6) is 0. The van der Waals surface area contributed by atoms with Crippen molar-refractivity contribution in [3.63, 3.8) is 0 Å². The molecule has 1 saturated heterocycles. The third-order valence-electron chi connectivity index (χ3n) is 3.51. The molecule has 0 atom stereocenters. The first-order valence-corrected chi connectivity index (χ1v) is 7.59. The summed E-state index contributed by atoms with van der Waals surface area (Å²) in [6.07, 6.45) is 3.99. The van der Waals surface area contributed by atoms with E-state index in [4.69, 9.17) is 0 Å². The van der Waals surface area contributed by atoms with Crippen LogP contribution in [0, 0.1) is 0 Å². The first-order chi connectivity index (χ1) is 8.92. The molecule has 96 valence electrons. The Labute approximate surface area is 112 Å². The number of fused-ring (bicyclic) bond motifs is 1. The summed E-state index contributed by atoms with van der Waals surface area (Å²) in [6.45, 7) is 4.89. The largest absolute Gasteiger partial charge is 0.385 e. The summed E-state index contributed by atoms with van der Waals surface area (Å²) in [6, 6.07) is 6.41. The van der Waals surface area contributed by atoms with Crippen LogP contribution in [0.3, 0.4) is 0 Å². The van der Waals surface area contributed by atoms with Gasteiger partial charge >= 0.3 is 0 Å². The number of nitrogens with zero attached hydrogens (tertiary/aromatic N) is 2. The van der Waals surface area contributed by atoms with Crippen molar-refractivity contribution in [2.75, 3.05) is 31.5 Å². The second-order valence-electron chi connectivity index (χ2n) is 4.86. The highest BCUT2D eigenvalue weighted by Crippen LogP contribution is 2.21. The molecule has 4 heteroatoms. The highest BCUT2D eigenvalue weighted by molar-refractivity contribution is 7.16. The van der Waals surface area contributed by atoms with Gasteiger partial charge in [-0.05, 0) is 57.1 Å². The van der Waals surface area contributed by atoms with Crippen molar-refractivity contribution in [3.05, 3.63) is 23.7 Å². The number of thiazole rings is 1. The van der Waals surface area contributed by atoms with Gasteiger partial charge in [0.2, 0.25) is 0 Å². The first kappa shape index (κ1) is 11.9. The number of aromatic nitrogens is 1. The summed E-state index contributed by atoms with van der Waals surface area (Å²) in [4.78, 5) is 6.86. The van der Waals surface area contributed by atoms with Crippen LogP contribution in [0.4, 0.5) is 5.69 Å². The van der Waals surface area contributed by atoms with Gasteiger partial charge in [0.1, 0.15) is 0 Å². The van der Waals surface area contributed by atoms with E-state index in [-0.39, 0.29) is 0 Å². The molecule has 1 N–H and O–H groups in total. The maximum Gasteiger partial charge on any atom is 0.0813 e. The third kappa shape index (κ3) is 2.82. The molecule has 3 nitrogen and oxygen atoms in total. The molecular formula is C14H19N3S. The number of hydrogen-bond acceptors (Lipinski definition) is 4. The monoisotopic (exact) mass is 261 g/mol. The smallest absolute Gasteiger partial charge is 0.0813 e. The average molecular weight is 261 g/mol. The lowest BCUT2D eigenvalue weighted by Gasteiger charge is -2.14. The molecule has 1 fully saturated rings. The van der Waals surface area contributed by atoms with E-state index in [1.165, 1.54) is 49.3 Å². The third-order valence-corrected chi connectivity index (χ3v) is 4.30. The van der Waals surface area contributed by atoms with E-state index in [9.17, 15) is 0 Å². The molecule has 0 unspecified atom stereocenters. The van der Waals surface area contributed by atoms with Crippen molar-refractivity contribution in [2.24, 2.45) is 0 Å². The summed E-state index contributed by atoms with van der Waals surface area (Å²) in [5, 5.41) is 3.50. The van der Waals surface area contributed by atoms with Gasteiger partial charge in [0.25, 0.3) is 0 Å². The molecule has 1 aliphatic rings. The van der Waals surface area contributed by atoms with Gasteiger partial charge in [-0.3, -0.25) is 0 Å². The van der Waals surface area contributed by atoms with E-state index in [2.05, 4.69) is 33.4 Å². The van der Waals surface area contributed by atoms with Gasteiger partial charge in [0, 0.05) is 12.2 Å².